The summed E-state index contributed by atoms with van der Waals surface area (Å²) in [5, 5.41) is 7.74. The summed E-state index contributed by atoms with van der Waals surface area (Å²) in [5.41, 5.74) is 1.11. The van der Waals surface area contributed by atoms with E-state index in [1.807, 2.05) is 11.6 Å². The Morgan fingerprint density at radius 1 is 1.36 bits per heavy atom. The second-order valence-electron chi connectivity index (χ2n) is 3.68. The van der Waals surface area contributed by atoms with E-state index in [2.05, 4.69) is 29.6 Å². The summed E-state index contributed by atoms with van der Waals surface area (Å²) < 4.78 is 2.02. The third-order valence-electron chi connectivity index (χ3n) is 2.19. The third kappa shape index (κ3) is 4.42. The zero-order chi connectivity index (χ0) is 10.2. The lowest BCUT2D eigenvalue weighted by atomic mass is 10.3. The molecule has 1 heterocycles. The zero-order valence-corrected chi connectivity index (χ0v) is 9.29. The molecule has 1 aromatic heterocycles. The van der Waals surface area contributed by atoms with Gasteiger partial charge < -0.3 is 5.32 Å². The van der Waals surface area contributed by atoms with Crippen LogP contribution in [0, 0.1) is 6.92 Å². The van der Waals surface area contributed by atoms with E-state index in [0.29, 0.717) is 0 Å². The molecule has 0 unspecified atom stereocenters. The van der Waals surface area contributed by atoms with E-state index in [9.17, 15) is 0 Å². The number of hydrogen-bond acceptors (Lipinski definition) is 2. The van der Waals surface area contributed by atoms with Crippen LogP contribution in [0.25, 0.3) is 0 Å². The van der Waals surface area contributed by atoms with Crippen LogP contribution < -0.4 is 5.32 Å². The molecular formula is C11H21N3. The minimum absolute atomic E-state index is 1.04. The van der Waals surface area contributed by atoms with Crippen molar-refractivity contribution >= 4 is 0 Å². The van der Waals surface area contributed by atoms with Gasteiger partial charge in [0.15, 0.2) is 0 Å². The fourth-order valence-corrected chi connectivity index (χ4v) is 1.41. The Hall–Kier alpha value is -0.830. The van der Waals surface area contributed by atoms with Gasteiger partial charge in [0.1, 0.15) is 0 Å². The van der Waals surface area contributed by atoms with Gasteiger partial charge in [-0.1, -0.05) is 6.92 Å². The van der Waals surface area contributed by atoms with Crippen LogP contribution in [0.2, 0.25) is 0 Å². The molecule has 80 valence electrons. The van der Waals surface area contributed by atoms with Gasteiger partial charge in [-0.05, 0) is 45.3 Å². The molecule has 0 bridgehead atoms. The monoisotopic (exact) mass is 195 g/mol. The Morgan fingerprint density at radius 2 is 2.21 bits per heavy atom. The third-order valence-corrected chi connectivity index (χ3v) is 2.19. The summed E-state index contributed by atoms with van der Waals surface area (Å²) in [6.45, 7) is 7.54. The van der Waals surface area contributed by atoms with Gasteiger partial charge in [-0.3, -0.25) is 4.68 Å². The van der Waals surface area contributed by atoms with E-state index in [-0.39, 0.29) is 0 Å². The van der Waals surface area contributed by atoms with Crippen LogP contribution in [-0.2, 0) is 6.54 Å². The van der Waals surface area contributed by atoms with E-state index in [1.165, 1.54) is 19.3 Å². The molecule has 0 saturated heterocycles. The quantitative estimate of drug-likeness (QED) is 0.674. The van der Waals surface area contributed by atoms with Gasteiger partial charge in [-0.25, -0.2) is 0 Å². The minimum atomic E-state index is 1.04. The molecule has 3 heteroatoms. The summed E-state index contributed by atoms with van der Waals surface area (Å²) in [7, 11) is 0. The number of hydrogen-bond donors (Lipinski definition) is 1. The van der Waals surface area contributed by atoms with Crippen LogP contribution in [0.5, 0.6) is 0 Å². The molecule has 1 N–H and O–H groups in total. The summed E-state index contributed by atoms with van der Waals surface area (Å²) in [6, 6.07) is 2.05. The molecular weight excluding hydrogens is 174 g/mol. The predicted molar refractivity (Wildman–Crippen MR) is 59.4 cm³/mol. The first-order chi connectivity index (χ1) is 6.83. The molecule has 3 nitrogen and oxygen atoms in total. The maximum atomic E-state index is 4.34. The molecule has 1 aromatic rings. The molecule has 0 aliphatic rings. The van der Waals surface area contributed by atoms with E-state index >= 15 is 0 Å². The van der Waals surface area contributed by atoms with Gasteiger partial charge in [0.25, 0.3) is 0 Å². The van der Waals surface area contributed by atoms with Crippen molar-refractivity contribution in [2.45, 2.75) is 39.7 Å². The van der Waals surface area contributed by atoms with Crippen molar-refractivity contribution in [1.29, 1.82) is 0 Å². The zero-order valence-electron chi connectivity index (χ0n) is 9.29. The SMILES string of the molecule is CCCNCCCCn1ccc(C)n1. The lowest BCUT2D eigenvalue weighted by Gasteiger charge is -2.03. The number of unbranched alkanes of at least 4 members (excludes halogenated alkanes) is 1. The molecule has 0 fully saturated rings. The van der Waals surface area contributed by atoms with Crippen molar-refractivity contribution in [2.24, 2.45) is 0 Å². The van der Waals surface area contributed by atoms with Crippen LogP contribution >= 0.6 is 0 Å². The van der Waals surface area contributed by atoms with Crippen molar-refractivity contribution in [2.75, 3.05) is 13.1 Å². The highest BCUT2D eigenvalue weighted by Gasteiger charge is 1.93. The average molecular weight is 195 g/mol. The molecule has 1 rings (SSSR count). The molecule has 0 aliphatic heterocycles. The van der Waals surface area contributed by atoms with Gasteiger partial charge >= 0.3 is 0 Å². The van der Waals surface area contributed by atoms with Gasteiger partial charge in [0, 0.05) is 12.7 Å². The van der Waals surface area contributed by atoms with Gasteiger partial charge in [-0.2, -0.15) is 5.10 Å². The Labute approximate surface area is 86.5 Å². The van der Waals surface area contributed by atoms with Crippen molar-refractivity contribution in [3.8, 4) is 0 Å². The fourth-order valence-electron chi connectivity index (χ4n) is 1.41. The maximum Gasteiger partial charge on any atom is 0.0593 e. The highest BCUT2D eigenvalue weighted by atomic mass is 15.3. The van der Waals surface area contributed by atoms with Crippen LogP contribution in [-0.4, -0.2) is 22.9 Å². The Morgan fingerprint density at radius 3 is 2.86 bits per heavy atom. The molecule has 0 aromatic carbocycles. The average Bonchev–Trinajstić information content (AvgIpc) is 2.58. The smallest absolute Gasteiger partial charge is 0.0593 e. The molecule has 0 atom stereocenters. The highest BCUT2D eigenvalue weighted by molar-refractivity contribution is 4.94. The number of rotatable bonds is 7. The predicted octanol–water partition coefficient (Wildman–Crippen LogP) is 1.97. The standard InChI is InChI=1S/C11H21N3/c1-3-7-12-8-4-5-9-14-10-6-11(2)13-14/h6,10,12H,3-5,7-9H2,1-2H3. The largest absolute Gasteiger partial charge is 0.317 e. The first kappa shape index (κ1) is 11.2. The van der Waals surface area contributed by atoms with E-state index in [4.69, 9.17) is 0 Å². The molecule has 0 radical (unpaired) electrons. The second-order valence-corrected chi connectivity index (χ2v) is 3.68. The van der Waals surface area contributed by atoms with Crippen molar-refractivity contribution in [1.82, 2.24) is 15.1 Å². The van der Waals surface area contributed by atoms with Crippen LogP contribution in [0.3, 0.4) is 0 Å². The molecule has 0 aliphatic carbocycles. The molecule has 0 spiro atoms. The van der Waals surface area contributed by atoms with E-state index in [1.54, 1.807) is 0 Å². The van der Waals surface area contributed by atoms with E-state index < -0.39 is 0 Å². The molecule has 0 saturated carbocycles. The topological polar surface area (TPSA) is 29.9 Å². The second kappa shape index (κ2) is 6.60. The Balaban J connectivity index is 1.99. The normalized spacial score (nSPS) is 10.7. The van der Waals surface area contributed by atoms with Gasteiger partial charge in [0.05, 0.1) is 5.69 Å². The summed E-state index contributed by atoms with van der Waals surface area (Å²) in [4.78, 5) is 0. The van der Waals surface area contributed by atoms with Crippen LogP contribution in [0.1, 0.15) is 31.9 Å². The van der Waals surface area contributed by atoms with Crippen molar-refractivity contribution < 1.29 is 0 Å². The first-order valence-corrected chi connectivity index (χ1v) is 5.53. The lowest BCUT2D eigenvalue weighted by Crippen LogP contribution is -2.16. The lowest BCUT2D eigenvalue weighted by molar-refractivity contribution is 0.532. The summed E-state index contributed by atoms with van der Waals surface area (Å²) >= 11 is 0. The maximum absolute atomic E-state index is 4.34. The number of nitrogens with zero attached hydrogens (tertiary/aromatic N) is 2. The van der Waals surface area contributed by atoms with Gasteiger partial charge in [-0.15, -0.1) is 0 Å². The van der Waals surface area contributed by atoms with Gasteiger partial charge in [0.2, 0.25) is 0 Å². The summed E-state index contributed by atoms with van der Waals surface area (Å²) in [6.07, 6.45) is 5.71. The Bertz CT molecular complexity index is 242. The van der Waals surface area contributed by atoms with Crippen LogP contribution in [0.15, 0.2) is 12.3 Å². The molecule has 0 amide bonds. The van der Waals surface area contributed by atoms with Crippen molar-refractivity contribution in [3.05, 3.63) is 18.0 Å². The Kier molecular flexibility index (Phi) is 5.30. The number of aromatic nitrogens is 2. The highest BCUT2D eigenvalue weighted by Crippen LogP contribution is 1.96. The number of aryl methyl sites for hydroxylation is 2. The van der Waals surface area contributed by atoms with Crippen molar-refractivity contribution in [3.63, 3.8) is 0 Å². The fraction of sp³-hybridized carbons (Fsp3) is 0.727. The minimum Gasteiger partial charge on any atom is -0.317 e. The van der Waals surface area contributed by atoms with E-state index in [0.717, 1.165) is 25.3 Å². The van der Waals surface area contributed by atoms with Crippen LogP contribution in [0.4, 0.5) is 0 Å². The number of nitrogens with one attached hydrogen (secondary N) is 1. The summed E-state index contributed by atoms with van der Waals surface area (Å²) in [5.74, 6) is 0. The molecule has 14 heavy (non-hydrogen) atoms. The first-order valence-electron chi connectivity index (χ1n) is 5.53.